The van der Waals surface area contributed by atoms with Gasteiger partial charge in [0.2, 0.25) is 5.91 Å². The molecule has 4 heteroatoms. The molecule has 1 saturated heterocycles. The minimum absolute atomic E-state index is 0.198. The largest absolute Gasteiger partial charge is 0.353 e. The zero-order chi connectivity index (χ0) is 12.5. The first-order valence-electron chi connectivity index (χ1n) is 6.84. The summed E-state index contributed by atoms with van der Waals surface area (Å²) < 4.78 is 0. The van der Waals surface area contributed by atoms with E-state index in [1.54, 1.807) is 0 Å². The summed E-state index contributed by atoms with van der Waals surface area (Å²) in [6, 6.07) is 0.395. The van der Waals surface area contributed by atoms with Crippen molar-refractivity contribution in [2.45, 2.75) is 51.5 Å². The zero-order valence-electron chi connectivity index (χ0n) is 10.9. The molecule has 0 radical (unpaired) electrons. The first-order chi connectivity index (χ1) is 8.26. The van der Waals surface area contributed by atoms with E-state index in [9.17, 15) is 4.79 Å². The Hall–Kier alpha value is -0.280. The minimum atomic E-state index is 0.198. The summed E-state index contributed by atoms with van der Waals surface area (Å²) in [4.78, 5) is 14.1. The topological polar surface area (TPSA) is 32.3 Å². The number of hydrogen-bond acceptors (Lipinski definition) is 2. The summed E-state index contributed by atoms with van der Waals surface area (Å²) >= 11 is 5.59. The van der Waals surface area contributed by atoms with Crippen LogP contribution in [0.25, 0.3) is 0 Å². The number of amides is 1. The lowest BCUT2D eigenvalue weighted by Crippen LogP contribution is -2.44. The van der Waals surface area contributed by atoms with Crippen LogP contribution >= 0.6 is 11.6 Å². The van der Waals surface area contributed by atoms with E-state index in [4.69, 9.17) is 11.6 Å². The van der Waals surface area contributed by atoms with Crippen LogP contribution in [0.5, 0.6) is 0 Å². The van der Waals surface area contributed by atoms with Gasteiger partial charge in [0.15, 0.2) is 0 Å². The van der Waals surface area contributed by atoms with Gasteiger partial charge in [0, 0.05) is 31.4 Å². The number of likely N-dealkylation sites (tertiary alicyclic amines) is 1. The van der Waals surface area contributed by atoms with Crippen LogP contribution in [-0.4, -0.2) is 42.4 Å². The normalized spacial score (nSPS) is 18.2. The highest BCUT2D eigenvalue weighted by atomic mass is 35.5. The number of unbranched alkanes of at least 4 members (excludes halogenated alkanes) is 1. The van der Waals surface area contributed by atoms with E-state index in [0.29, 0.717) is 18.3 Å². The second-order valence-corrected chi connectivity index (χ2v) is 5.21. The second-order valence-electron chi connectivity index (χ2n) is 4.83. The highest BCUT2D eigenvalue weighted by molar-refractivity contribution is 6.17. The molecule has 1 aliphatic heterocycles. The third-order valence-corrected chi connectivity index (χ3v) is 3.55. The Morgan fingerprint density at radius 1 is 1.35 bits per heavy atom. The fourth-order valence-electron chi connectivity index (χ4n) is 2.30. The predicted molar refractivity (Wildman–Crippen MR) is 72.5 cm³/mol. The van der Waals surface area contributed by atoms with Crippen molar-refractivity contribution in [3.63, 3.8) is 0 Å². The molecule has 0 unspecified atom stereocenters. The van der Waals surface area contributed by atoms with Crippen LogP contribution in [0.15, 0.2) is 0 Å². The smallest absolute Gasteiger partial charge is 0.220 e. The molecule has 0 aromatic heterocycles. The Kier molecular flexibility index (Phi) is 7.62. The van der Waals surface area contributed by atoms with E-state index in [1.165, 1.54) is 13.0 Å². The number of nitrogens with one attached hydrogen (secondary N) is 1. The monoisotopic (exact) mass is 260 g/mol. The summed E-state index contributed by atoms with van der Waals surface area (Å²) in [5.74, 6) is 0.854. The Bertz CT molecular complexity index is 215. The van der Waals surface area contributed by atoms with Crippen molar-refractivity contribution in [1.82, 2.24) is 10.2 Å². The van der Waals surface area contributed by atoms with E-state index in [2.05, 4.69) is 17.1 Å². The lowest BCUT2D eigenvalue weighted by Gasteiger charge is -2.32. The third-order valence-electron chi connectivity index (χ3n) is 3.28. The van der Waals surface area contributed by atoms with Gasteiger partial charge < -0.3 is 10.2 Å². The minimum Gasteiger partial charge on any atom is -0.353 e. The predicted octanol–water partition coefficient (Wildman–Crippen LogP) is 2.39. The second kappa shape index (κ2) is 8.76. The molecule has 0 aromatic carbocycles. The molecule has 1 rings (SSSR count). The van der Waals surface area contributed by atoms with Crippen molar-refractivity contribution in [1.29, 1.82) is 0 Å². The highest BCUT2D eigenvalue weighted by Crippen LogP contribution is 2.11. The quantitative estimate of drug-likeness (QED) is 0.563. The standard InChI is InChI=1S/C13H25ClN2O/c1-2-9-16-10-6-12(7-11-16)15-13(17)5-3-4-8-14/h12H,2-11H2,1H3,(H,15,17). The van der Waals surface area contributed by atoms with Crippen LogP contribution in [0.1, 0.15) is 45.4 Å². The maximum absolute atomic E-state index is 11.6. The van der Waals surface area contributed by atoms with Gasteiger partial charge >= 0.3 is 0 Å². The number of hydrogen-bond donors (Lipinski definition) is 1. The first-order valence-corrected chi connectivity index (χ1v) is 7.37. The Morgan fingerprint density at radius 2 is 2.06 bits per heavy atom. The van der Waals surface area contributed by atoms with E-state index in [-0.39, 0.29) is 5.91 Å². The van der Waals surface area contributed by atoms with Crippen LogP contribution in [-0.2, 0) is 4.79 Å². The fraction of sp³-hybridized carbons (Fsp3) is 0.923. The molecule has 1 amide bonds. The number of carbonyl (C=O) groups is 1. The number of alkyl halides is 1. The van der Waals surface area contributed by atoms with E-state index < -0.39 is 0 Å². The molecule has 0 spiro atoms. The Labute approximate surface area is 110 Å². The molecule has 1 N–H and O–H groups in total. The van der Waals surface area contributed by atoms with Gasteiger partial charge in [-0.3, -0.25) is 4.79 Å². The van der Waals surface area contributed by atoms with Crippen molar-refractivity contribution in [2.75, 3.05) is 25.5 Å². The molecule has 0 atom stereocenters. The number of piperidine rings is 1. The van der Waals surface area contributed by atoms with E-state index in [1.807, 2.05) is 0 Å². The molecule has 1 aliphatic rings. The Morgan fingerprint density at radius 3 is 2.65 bits per heavy atom. The molecule has 0 aromatic rings. The van der Waals surface area contributed by atoms with Crippen molar-refractivity contribution in [3.8, 4) is 0 Å². The molecule has 0 saturated carbocycles. The van der Waals surface area contributed by atoms with Gasteiger partial charge in [-0.1, -0.05) is 6.92 Å². The average Bonchev–Trinajstić information content (AvgIpc) is 2.32. The summed E-state index contributed by atoms with van der Waals surface area (Å²) in [7, 11) is 0. The van der Waals surface area contributed by atoms with Gasteiger partial charge in [-0.25, -0.2) is 0 Å². The van der Waals surface area contributed by atoms with Crippen molar-refractivity contribution < 1.29 is 4.79 Å². The molecular formula is C13H25ClN2O. The van der Waals surface area contributed by atoms with E-state index in [0.717, 1.165) is 38.8 Å². The van der Waals surface area contributed by atoms with Gasteiger partial charge in [-0.15, -0.1) is 11.6 Å². The lowest BCUT2D eigenvalue weighted by molar-refractivity contribution is -0.122. The molecule has 0 bridgehead atoms. The summed E-state index contributed by atoms with van der Waals surface area (Å²) in [6.07, 6.45) is 5.88. The van der Waals surface area contributed by atoms with E-state index >= 15 is 0 Å². The summed E-state index contributed by atoms with van der Waals surface area (Å²) in [6.45, 7) is 5.65. The number of halogens is 1. The van der Waals surface area contributed by atoms with Crippen LogP contribution in [0.3, 0.4) is 0 Å². The van der Waals surface area contributed by atoms with Crippen LogP contribution < -0.4 is 5.32 Å². The molecule has 1 fully saturated rings. The first kappa shape index (κ1) is 14.8. The van der Waals surface area contributed by atoms with Crippen molar-refractivity contribution in [2.24, 2.45) is 0 Å². The zero-order valence-corrected chi connectivity index (χ0v) is 11.6. The van der Waals surface area contributed by atoms with Gasteiger partial charge in [-0.2, -0.15) is 0 Å². The fourth-order valence-corrected chi connectivity index (χ4v) is 2.49. The number of rotatable bonds is 7. The highest BCUT2D eigenvalue weighted by Gasteiger charge is 2.19. The van der Waals surface area contributed by atoms with Crippen LogP contribution in [0.2, 0.25) is 0 Å². The maximum atomic E-state index is 11.6. The molecule has 17 heavy (non-hydrogen) atoms. The van der Waals surface area contributed by atoms with Crippen LogP contribution in [0.4, 0.5) is 0 Å². The molecule has 0 aliphatic carbocycles. The van der Waals surface area contributed by atoms with Crippen molar-refractivity contribution >= 4 is 17.5 Å². The molecule has 3 nitrogen and oxygen atoms in total. The molecular weight excluding hydrogens is 236 g/mol. The summed E-state index contributed by atoms with van der Waals surface area (Å²) in [5, 5.41) is 3.13. The number of nitrogens with zero attached hydrogens (tertiary/aromatic N) is 1. The SMILES string of the molecule is CCCN1CCC(NC(=O)CCCCCl)CC1. The van der Waals surface area contributed by atoms with Gasteiger partial charge in [0.05, 0.1) is 0 Å². The van der Waals surface area contributed by atoms with Gasteiger partial charge in [0.1, 0.15) is 0 Å². The average molecular weight is 261 g/mol. The lowest BCUT2D eigenvalue weighted by atomic mass is 10.0. The maximum Gasteiger partial charge on any atom is 0.220 e. The third kappa shape index (κ3) is 6.27. The summed E-state index contributed by atoms with van der Waals surface area (Å²) in [5.41, 5.74) is 0. The van der Waals surface area contributed by atoms with Crippen molar-refractivity contribution in [3.05, 3.63) is 0 Å². The number of carbonyl (C=O) groups excluding carboxylic acids is 1. The molecule has 1 heterocycles. The van der Waals surface area contributed by atoms with Gasteiger partial charge in [0.25, 0.3) is 0 Å². The van der Waals surface area contributed by atoms with Crippen LogP contribution in [0, 0.1) is 0 Å². The van der Waals surface area contributed by atoms with Gasteiger partial charge in [-0.05, 0) is 38.6 Å². The molecule has 100 valence electrons. The Balaban J connectivity index is 2.10.